The van der Waals surface area contributed by atoms with Gasteiger partial charge in [-0.3, -0.25) is 4.79 Å². The Labute approximate surface area is 186 Å². The van der Waals surface area contributed by atoms with E-state index >= 15 is 0 Å². The van der Waals surface area contributed by atoms with E-state index in [1.165, 1.54) is 11.8 Å². The van der Waals surface area contributed by atoms with Gasteiger partial charge < -0.3 is 9.88 Å². The Bertz CT molecular complexity index is 922. The Balaban J connectivity index is 2.24. The van der Waals surface area contributed by atoms with Crippen LogP contribution >= 0.6 is 35.0 Å². The highest BCUT2D eigenvalue weighted by Gasteiger charge is 2.30. The summed E-state index contributed by atoms with van der Waals surface area (Å²) < 4.78 is 1.96. The Morgan fingerprint density at radius 1 is 1.31 bits per heavy atom. The number of halogens is 2. The molecule has 2 rings (SSSR count). The number of hydrogen-bond donors (Lipinski definition) is 1. The van der Waals surface area contributed by atoms with E-state index in [4.69, 9.17) is 23.2 Å². The van der Waals surface area contributed by atoms with Gasteiger partial charge in [-0.1, -0.05) is 62.7 Å². The predicted molar refractivity (Wildman–Crippen MR) is 118 cm³/mol. The summed E-state index contributed by atoms with van der Waals surface area (Å²) in [5.41, 5.74) is -0.178. The van der Waals surface area contributed by atoms with Gasteiger partial charge in [0, 0.05) is 17.1 Å². The third-order valence-electron chi connectivity index (χ3n) is 4.56. The molecule has 1 atom stereocenters. The van der Waals surface area contributed by atoms with Crippen molar-refractivity contribution in [3.05, 3.63) is 28.2 Å². The molecule has 0 aliphatic heterocycles. The molecule has 1 heterocycles. The zero-order valence-electron chi connectivity index (χ0n) is 17.2. The Morgan fingerprint density at radius 3 is 2.55 bits per heavy atom. The van der Waals surface area contributed by atoms with Crippen LogP contribution in [0.25, 0.3) is 11.4 Å². The summed E-state index contributed by atoms with van der Waals surface area (Å²) >= 11 is 13.7. The average molecular weight is 454 g/mol. The number of nitrogens with zero attached hydrogens (tertiary/aromatic N) is 4. The number of nitrogens with one attached hydrogen (secondary N) is 1. The highest BCUT2D eigenvalue weighted by atomic mass is 35.5. The number of carbonyl (C=O) groups excluding carboxylic acids is 1. The van der Waals surface area contributed by atoms with Gasteiger partial charge in [0.15, 0.2) is 11.0 Å². The van der Waals surface area contributed by atoms with E-state index in [2.05, 4.69) is 35.4 Å². The first-order chi connectivity index (χ1) is 13.6. The fourth-order valence-corrected chi connectivity index (χ4v) is 3.79. The zero-order chi connectivity index (χ0) is 21.8. The summed E-state index contributed by atoms with van der Waals surface area (Å²) in [5, 5.41) is 22.4. The van der Waals surface area contributed by atoms with Crippen LogP contribution in [0.4, 0.5) is 0 Å². The SMILES string of the molecule is CC(C)Cn1c(SCC(=O)NC(C)(C#N)C(C)C)nnc1-c1ccc(Cl)cc1Cl. The normalized spacial score (nSPS) is 13.4. The minimum atomic E-state index is -0.911. The van der Waals surface area contributed by atoms with Crippen LogP contribution < -0.4 is 5.32 Å². The van der Waals surface area contributed by atoms with Gasteiger partial charge in [0.2, 0.25) is 5.91 Å². The summed E-state index contributed by atoms with van der Waals surface area (Å²) in [7, 11) is 0. The van der Waals surface area contributed by atoms with Gasteiger partial charge in [0.25, 0.3) is 0 Å². The number of rotatable bonds is 8. The van der Waals surface area contributed by atoms with Crippen LogP contribution in [0.15, 0.2) is 23.4 Å². The minimum Gasteiger partial charge on any atom is -0.337 e. The molecule has 1 amide bonds. The van der Waals surface area contributed by atoms with Gasteiger partial charge in [-0.2, -0.15) is 5.26 Å². The van der Waals surface area contributed by atoms with Gasteiger partial charge in [0.05, 0.1) is 16.8 Å². The first-order valence-electron chi connectivity index (χ1n) is 9.31. The van der Waals surface area contributed by atoms with Gasteiger partial charge in [-0.15, -0.1) is 10.2 Å². The lowest BCUT2D eigenvalue weighted by molar-refractivity contribution is -0.120. The Hall–Kier alpha value is -1.75. The standard InChI is InChI=1S/C20H25Cl2N5OS/c1-12(2)9-27-18(15-7-6-14(21)8-16(15)22)25-26-19(27)29-10-17(28)24-20(5,11-23)13(3)4/h6-8,12-13H,9-10H2,1-5H3,(H,24,28). The van der Waals surface area contributed by atoms with Crippen LogP contribution in [0.2, 0.25) is 10.0 Å². The zero-order valence-corrected chi connectivity index (χ0v) is 19.5. The Kier molecular flexibility index (Phi) is 7.98. The maximum absolute atomic E-state index is 12.4. The lowest BCUT2D eigenvalue weighted by atomic mass is 9.90. The van der Waals surface area contributed by atoms with Crippen molar-refractivity contribution in [1.82, 2.24) is 20.1 Å². The largest absolute Gasteiger partial charge is 0.337 e. The Morgan fingerprint density at radius 2 is 2.00 bits per heavy atom. The van der Waals surface area contributed by atoms with E-state index in [1.807, 2.05) is 24.5 Å². The number of benzene rings is 1. The molecule has 29 heavy (non-hydrogen) atoms. The van der Waals surface area contributed by atoms with Crippen LogP contribution in [0.1, 0.15) is 34.6 Å². The molecular formula is C20H25Cl2N5OS. The van der Waals surface area contributed by atoms with E-state index in [0.29, 0.717) is 33.5 Å². The van der Waals surface area contributed by atoms with Crippen molar-refractivity contribution in [2.75, 3.05) is 5.75 Å². The minimum absolute atomic E-state index is 0.00954. The van der Waals surface area contributed by atoms with Crippen molar-refractivity contribution in [1.29, 1.82) is 5.26 Å². The van der Waals surface area contributed by atoms with Crippen LogP contribution in [-0.4, -0.2) is 32.0 Å². The molecule has 0 spiro atoms. The van der Waals surface area contributed by atoms with Gasteiger partial charge >= 0.3 is 0 Å². The second kappa shape index (κ2) is 9.84. The van der Waals surface area contributed by atoms with Gasteiger partial charge in [-0.05, 0) is 37.0 Å². The molecule has 1 aromatic heterocycles. The highest BCUT2D eigenvalue weighted by molar-refractivity contribution is 7.99. The molecule has 1 aromatic carbocycles. The number of thioether (sulfide) groups is 1. The molecule has 0 aliphatic carbocycles. The molecule has 1 unspecified atom stereocenters. The molecule has 2 aromatic rings. The first-order valence-corrected chi connectivity index (χ1v) is 11.0. The van der Waals surface area contributed by atoms with Crippen LogP contribution in [0.5, 0.6) is 0 Å². The van der Waals surface area contributed by atoms with E-state index in [-0.39, 0.29) is 17.6 Å². The summed E-state index contributed by atoms with van der Waals surface area (Å²) in [6.07, 6.45) is 0. The molecule has 9 heteroatoms. The summed E-state index contributed by atoms with van der Waals surface area (Å²) in [4.78, 5) is 12.4. The van der Waals surface area contributed by atoms with Crippen molar-refractivity contribution in [3.63, 3.8) is 0 Å². The van der Waals surface area contributed by atoms with Crippen molar-refractivity contribution in [2.24, 2.45) is 11.8 Å². The van der Waals surface area contributed by atoms with E-state index < -0.39 is 5.54 Å². The molecule has 0 aliphatic rings. The summed E-state index contributed by atoms with van der Waals surface area (Å²) in [5.74, 6) is 0.871. The van der Waals surface area contributed by atoms with Crippen LogP contribution in [-0.2, 0) is 11.3 Å². The van der Waals surface area contributed by atoms with Crippen LogP contribution in [0, 0.1) is 23.2 Å². The number of nitriles is 1. The fraction of sp³-hybridized carbons (Fsp3) is 0.500. The molecule has 0 bridgehead atoms. The lowest BCUT2D eigenvalue weighted by Gasteiger charge is -2.27. The molecule has 0 saturated heterocycles. The number of carbonyl (C=O) groups is 1. The molecule has 156 valence electrons. The number of amides is 1. The number of hydrogen-bond acceptors (Lipinski definition) is 5. The smallest absolute Gasteiger partial charge is 0.231 e. The lowest BCUT2D eigenvalue weighted by Crippen LogP contribution is -2.49. The van der Waals surface area contributed by atoms with Gasteiger partial charge in [-0.25, -0.2) is 0 Å². The molecule has 6 nitrogen and oxygen atoms in total. The molecule has 0 radical (unpaired) electrons. The topological polar surface area (TPSA) is 83.6 Å². The molecule has 0 saturated carbocycles. The second-order valence-corrected chi connectivity index (χ2v) is 9.53. The van der Waals surface area contributed by atoms with Crippen molar-refractivity contribution >= 4 is 40.9 Å². The van der Waals surface area contributed by atoms with Crippen molar-refractivity contribution in [2.45, 2.75) is 51.9 Å². The quantitative estimate of drug-likeness (QED) is 0.564. The van der Waals surface area contributed by atoms with Crippen molar-refractivity contribution in [3.8, 4) is 17.5 Å². The number of aromatic nitrogens is 3. The fourth-order valence-electron chi connectivity index (χ4n) is 2.55. The summed E-state index contributed by atoms with van der Waals surface area (Å²) in [6.45, 7) is 10.4. The van der Waals surface area contributed by atoms with Gasteiger partial charge in [0.1, 0.15) is 5.54 Å². The van der Waals surface area contributed by atoms with E-state index in [9.17, 15) is 10.1 Å². The predicted octanol–water partition coefficient (Wildman–Crippen LogP) is 5.05. The maximum atomic E-state index is 12.4. The maximum Gasteiger partial charge on any atom is 0.231 e. The third-order valence-corrected chi connectivity index (χ3v) is 6.07. The monoisotopic (exact) mass is 453 g/mol. The highest BCUT2D eigenvalue weighted by Crippen LogP contribution is 2.32. The first kappa shape index (κ1) is 23.5. The third kappa shape index (κ3) is 5.88. The van der Waals surface area contributed by atoms with Crippen molar-refractivity contribution < 1.29 is 4.79 Å². The van der Waals surface area contributed by atoms with E-state index in [1.54, 1.807) is 19.1 Å². The molecule has 0 fully saturated rings. The van der Waals surface area contributed by atoms with E-state index in [0.717, 1.165) is 5.56 Å². The second-order valence-electron chi connectivity index (χ2n) is 7.74. The average Bonchev–Trinajstić information content (AvgIpc) is 3.01. The summed E-state index contributed by atoms with van der Waals surface area (Å²) in [6, 6.07) is 7.42. The molecular weight excluding hydrogens is 429 g/mol. The van der Waals surface area contributed by atoms with Crippen LogP contribution in [0.3, 0.4) is 0 Å². The molecule has 1 N–H and O–H groups in total.